The Hall–Kier alpha value is -0.000519. The molecule has 0 fully saturated rings. The monoisotopic (exact) mass is 260 g/mol. The molecule has 0 radical (unpaired) electrons. The molecule has 0 bridgehead atoms. The van der Waals surface area contributed by atoms with Gasteiger partial charge in [-0.05, 0) is 0 Å². The van der Waals surface area contributed by atoms with Crippen LogP contribution in [0.2, 0.25) is 10.1 Å². The molecule has 0 heterocycles. The Bertz CT molecular complexity index is 211. The molecule has 1 atom stereocenters. The number of hydrogen-bond acceptors (Lipinski definition) is 0. The van der Waals surface area contributed by atoms with Crippen LogP contribution in [-0.4, -0.2) is 15.0 Å². The minimum absolute atomic E-state index is 0.434. The van der Waals surface area contributed by atoms with E-state index in [1.165, 1.54) is 6.42 Å². The van der Waals surface area contributed by atoms with Gasteiger partial charge in [0.15, 0.2) is 0 Å². The second-order valence-electron chi connectivity index (χ2n) is 3.95. The van der Waals surface area contributed by atoms with Gasteiger partial charge in [-0.2, -0.15) is 0 Å². The van der Waals surface area contributed by atoms with E-state index in [-0.39, 0.29) is 0 Å². The van der Waals surface area contributed by atoms with Crippen molar-refractivity contribution in [3.05, 3.63) is 23.8 Å². The molecule has 0 saturated heterocycles. The van der Waals surface area contributed by atoms with E-state index in [0.717, 1.165) is 5.92 Å². The molecule has 0 unspecified atom stereocenters. The normalized spacial score (nSPS) is 21.0. The van der Waals surface area contributed by atoms with E-state index < -0.39 is 0 Å². The van der Waals surface area contributed by atoms with Crippen LogP contribution in [0.4, 0.5) is 0 Å². The van der Waals surface area contributed by atoms with E-state index in [2.05, 4.69) is 44.8 Å². The Kier molecular flexibility index (Phi) is 6.48. The second-order valence-corrected chi connectivity index (χ2v) is 6.94. The molecule has 0 aromatic heterocycles. The first-order valence-corrected chi connectivity index (χ1v) is 8.07. The van der Waals surface area contributed by atoms with Crippen molar-refractivity contribution in [2.75, 3.05) is 0 Å². The van der Waals surface area contributed by atoms with Crippen molar-refractivity contribution in [1.82, 2.24) is 0 Å². The summed E-state index contributed by atoms with van der Waals surface area (Å²) in [5.41, 5.74) is 1.54. The fourth-order valence-electron chi connectivity index (χ4n) is 1.29. The molecule has 14 heavy (non-hydrogen) atoms. The van der Waals surface area contributed by atoms with Crippen LogP contribution in [0, 0.1) is 5.92 Å². The van der Waals surface area contributed by atoms with Crippen LogP contribution >= 0.6 is 0 Å². The Labute approximate surface area is 96.0 Å². The summed E-state index contributed by atoms with van der Waals surface area (Å²) in [5, 5.41) is 0. The molecule has 1 heteroatoms. The van der Waals surface area contributed by atoms with E-state index in [0.29, 0.717) is 19.3 Å². The van der Waals surface area contributed by atoms with E-state index in [1.807, 2.05) is 13.8 Å². The zero-order chi connectivity index (χ0) is 11.2. The summed E-state index contributed by atoms with van der Waals surface area (Å²) < 4.78 is 0.434. The maximum absolute atomic E-state index is 2.41. The first kappa shape index (κ1) is 14.0. The van der Waals surface area contributed by atoms with Crippen LogP contribution in [0.3, 0.4) is 0 Å². The fourth-order valence-corrected chi connectivity index (χ4v) is 2.10. The Balaban J connectivity index is 0.000000791. The summed E-state index contributed by atoms with van der Waals surface area (Å²) >= 11 is 0.698. The molecule has 1 aliphatic carbocycles. The zero-order valence-electron chi connectivity index (χ0n) is 10.4. The van der Waals surface area contributed by atoms with Gasteiger partial charge in [0, 0.05) is 0 Å². The molecule has 0 saturated carbocycles. The van der Waals surface area contributed by atoms with Crippen molar-refractivity contribution in [2.24, 2.45) is 5.92 Å². The van der Waals surface area contributed by atoms with Crippen LogP contribution in [0.25, 0.3) is 0 Å². The van der Waals surface area contributed by atoms with Gasteiger partial charge in [0.1, 0.15) is 0 Å². The summed E-state index contributed by atoms with van der Waals surface area (Å²) in [6.45, 7) is 11.0. The molecule has 0 aromatic rings. The molecule has 0 aromatic carbocycles. The fraction of sp³-hybridized carbons (Fsp3) is 0.692. The Morgan fingerprint density at radius 3 is 2.29 bits per heavy atom. The average Bonchev–Trinajstić information content (AvgIpc) is 2.21. The molecule has 0 aliphatic heterocycles. The third-order valence-electron chi connectivity index (χ3n) is 2.52. The SMILES string of the molecule is CC.C[Se]C(C)(C)C1=CC[C@H](C)C=C1. The third-order valence-corrected chi connectivity index (χ3v) is 5.16. The molecule has 0 N–H and O–H groups in total. The number of allylic oxidation sites excluding steroid dienone is 4. The Morgan fingerprint density at radius 2 is 1.93 bits per heavy atom. The zero-order valence-corrected chi connectivity index (χ0v) is 12.1. The maximum atomic E-state index is 2.41. The van der Waals surface area contributed by atoms with Crippen molar-refractivity contribution in [1.29, 1.82) is 0 Å². The van der Waals surface area contributed by atoms with Crippen molar-refractivity contribution in [2.45, 2.75) is 51.2 Å². The van der Waals surface area contributed by atoms with Gasteiger partial charge in [0.2, 0.25) is 0 Å². The molecular formula is C13H24Se. The van der Waals surface area contributed by atoms with Gasteiger partial charge in [0.25, 0.3) is 0 Å². The van der Waals surface area contributed by atoms with Crippen molar-refractivity contribution < 1.29 is 0 Å². The summed E-state index contributed by atoms with van der Waals surface area (Å²) in [6, 6.07) is 0. The van der Waals surface area contributed by atoms with Crippen LogP contribution in [0.15, 0.2) is 23.8 Å². The molecular weight excluding hydrogens is 235 g/mol. The van der Waals surface area contributed by atoms with Crippen molar-refractivity contribution in [3.63, 3.8) is 0 Å². The summed E-state index contributed by atoms with van der Waals surface area (Å²) in [4.78, 5) is 0. The van der Waals surface area contributed by atoms with Gasteiger partial charge in [-0.1, -0.05) is 13.8 Å². The summed E-state index contributed by atoms with van der Waals surface area (Å²) in [5.74, 6) is 3.06. The number of rotatable bonds is 2. The first-order valence-electron chi connectivity index (χ1n) is 5.50. The van der Waals surface area contributed by atoms with E-state index in [4.69, 9.17) is 0 Å². The topological polar surface area (TPSA) is 0 Å². The van der Waals surface area contributed by atoms with Gasteiger partial charge >= 0.3 is 82.0 Å². The molecule has 1 rings (SSSR count). The van der Waals surface area contributed by atoms with E-state index >= 15 is 0 Å². The van der Waals surface area contributed by atoms with Gasteiger partial charge in [-0.3, -0.25) is 0 Å². The van der Waals surface area contributed by atoms with E-state index in [9.17, 15) is 0 Å². The first-order chi connectivity index (χ1) is 6.56. The molecule has 82 valence electrons. The van der Waals surface area contributed by atoms with Crippen molar-refractivity contribution in [3.8, 4) is 0 Å². The van der Waals surface area contributed by atoms with E-state index in [1.54, 1.807) is 5.57 Å². The molecule has 0 spiro atoms. The second kappa shape index (κ2) is 6.48. The van der Waals surface area contributed by atoms with Crippen molar-refractivity contribution >= 4 is 15.0 Å². The van der Waals surface area contributed by atoms with Crippen LogP contribution in [-0.2, 0) is 0 Å². The third kappa shape index (κ3) is 4.02. The quantitative estimate of drug-likeness (QED) is 0.641. The predicted molar refractivity (Wildman–Crippen MR) is 68.0 cm³/mol. The Morgan fingerprint density at radius 1 is 1.36 bits per heavy atom. The summed E-state index contributed by atoms with van der Waals surface area (Å²) in [7, 11) is 0. The van der Waals surface area contributed by atoms with Gasteiger partial charge in [0.05, 0.1) is 0 Å². The predicted octanol–water partition coefficient (Wildman–Crippen LogP) is 4.49. The molecule has 0 nitrogen and oxygen atoms in total. The number of hydrogen-bond donors (Lipinski definition) is 0. The standard InChI is InChI=1S/C11H18Se.C2H6/c1-9-5-7-10(8-6-9)11(2,3)12-4;1-2/h5,7-9H,6H2,1-4H3;1-2H3/t9-;/m1./s1. The van der Waals surface area contributed by atoms with Crippen LogP contribution in [0.1, 0.15) is 41.0 Å². The van der Waals surface area contributed by atoms with Gasteiger partial charge < -0.3 is 0 Å². The summed E-state index contributed by atoms with van der Waals surface area (Å²) in [6.07, 6.45) is 8.30. The minimum atomic E-state index is 0.434. The van der Waals surface area contributed by atoms with Crippen LogP contribution in [0.5, 0.6) is 0 Å². The van der Waals surface area contributed by atoms with Crippen LogP contribution < -0.4 is 0 Å². The van der Waals surface area contributed by atoms with Gasteiger partial charge in [-0.15, -0.1) is 0 Å². The molecule has 0 amide bonds. The average molecular weight is 259 g/mol. The molecule has 1 aliphatic rings. The van der Waals surface area contributed by atoms with Gasteiger partial charge in [-0.25, -0.2) is 0 Å².